The zero-order chi connectivity index (χ0) is 28.3. The first-order chi connectivity index (χ1) is 19.0. The number of aromatic nitrogens is 2. The van der Waals surface area contributed by atoms with Gasteiger partial charge < -0.3 is 19.6 Å². The molecule has 1 aromatic heterocycles. The van der Waals surface area contributed by atoms with E-state index in [2.05, 4.69) is 25.3 Å². The van der Waals surface area contributed by atoms with Gasteiger partial charge in [0.15, 0.2) is 5.82 Å². The number of nitrogens with zero attached hydrogens (tertiary/aromatic N) is 5. The molecule has 2 amide bonds. The molecular weight excluding hydrogens is 528 g/mol. The summed E-state index contributed by atoms with van der Waals surface area (Å²) in [6.45, 7) is 4.55. The van der Waals surface area contributed by atoms with Crippen LogP contribution in [0.2, 0.25) is 0 Å². The molecule has 3 aliphatic carbocycles. The van der Waals surface area contributed by atoms with Gasteiger partial charge in [-0.15, -0.1) is 0 Å². The van der Waals surface area contributed by atoms with Gasteiger partial charge >= 0.3 is 6.03 Å². The standard InChI is InChI=1S/C28H42F4N6O2/c1-26(24-34-23(40-35-24)19-16-20(19)29)10-14-38(15-11-26)25(39)33-22-21(4-3-7-28(22,31)32)37-12-5-18(6-13-37)36(2)17-27(30)8-9-27/h18-22H,3-17H2,1-2H3,(H,33,39)/t19-,20+,21+,22-/m1/s1. The van der Waals surface area contributed by atoms with Crippen molar-refractivity contribution in [3.63, 3.8) is 0 Å². The Morgan fingerprint density at radius 2 is 1.75 bits per heavy atom. The second-order valence-corrected chi connectivity index (χ2v) is 13.3. The predicted molar refractivity (Wildman–Crippen MR) is 140 cm³/mol. The predicted octanol–water partition coefficient (Wildman–Crippen LogP) is 4.41. The molecule has 1 aromatic rings. The summed E-state index contributed by atoms with van der Waals surface area (Å²) in [4.78, 5) is 23.5. The maximum Gasteiger partial charge on any atom is 0.317 e. The van der Waals surface area contributed by atoms with Crippen LogP contribution in [0.25, 0.3) is 0 Å². The molecule has 12 heteroatoms. The summed E-state index contributed by atoms with van der Waals surface area (Å²) in [5, 5.41) is 6.83. The number of amides is 2. The number of alkyl halides is 4. The highest BCUT2D eigenvalue weighted by atomic mass is 19.3. The van der Waals surface area contributed by atoms with Crippen molar-refractivity contribution in [1.82, 2.24) is 30.2 Å². The van der Waals surface area contributed by atoms with Crippen molar-refractivity contribution in [2.45, 2.75) is 118 Å². The summed E-state index contributed by atoms with van der Waals surface area (Å²) >= 11 is 0. The van der Waals surface area contributed by atoms with Gasteiger partial charge in [0.1, 0.15) is 17.9 Å². The first-order valence-electron chi connectivity index (χ1n) is 15.0. The van der Waals surface area contributed by atoms with Crippen LogP contribution < -0.4 is 5.32 Å². The Labute approximate surface area is 233 Å². The number of piperidine rings is 2. The Balaban J connectivity index is 1.04. The van der Waals surface area contributed by atoms with E-state index in [-0.39, 0.29) is 18.4 Å². The Hall–Kier alpha value is -1.95. The molecule has 0 unspecified atom stereocenters. The van der Waals surface area contributed by atoms with Crippen molar-refractivity contribution in [2.24, 2.45) is 0 Å². The SMILES string of the molecule is CN(CC1(F)CC1)C1CCN([C@H]2CCCC(F)(F)[C@@H]2NC(=O)N2CCC(C)(c3noc([C@@H]4C[C@@H]4F)n3)CC2)CC1. The van der Waals surface area contributed by atoms with E-state index in [1.807, 2.05) is 14.0 Å². The highest BCUT2D eigenvalue weighted by molar-refractivity contribution is 5.75. The molecule has 3 heterocycles. The van der Waals surface area contributed by atoms with Crippen LogP contribution >= 0.6 is 0 Å². The Morgan fingerprint density at radius 3 is 2.38 bits per heavy atom. The fraction of sp³-hybridized carbons (Fsp3) is 0.893. The van der Waals surface area contributed by atoms with E-state index in [0.717, 1.165) is 12.8 Å². The van der Waals surface area contributed by atoms with Crippen LogP contribution in [0.15, 0.2) is 4.52 Å². The summed E-state index contributed by atoms with van der Waals surface area (Å²) in [5.41, 5.74) is -1.46. The van der Waals surface area contributed by atoms with Crippen LogP contribution in [0.4, 0.5) is 22.4 Å². The first-order valence-corrected chi connectivity index (χ1v) is 15.0. The molecule has 0 spiro atoms. The number of urea groups is 1. The normalized spacial score (nSPS) is 33.6. The fourth-order valence-electron chi connectivity index (χ4n) is 6.98. The monoisotopic (exact) mass is 570 g/mol. The lowest BCUT2D eigenvalue weighted by atomic mass is 9.79. The number of rotatable bonds is 7. The second-order valence-electron chi connectivity index (χ2n) is 13.3. The number of nitrogens with one attached hydrogen (secondary N) is 1. The zero-order valence-corrected chi connectivity index (χ0v) is 23.6. The summed E-state index contributed by atoms with van der Waals surface area (Å²) in [7, 11) is 1.96. The minimum Gasteiger partial charge on any atom is -0.339 e. The minimum absolute atomic E-state index is 0.231. The molecular formula is C28H42F4N6O2. The van der Waals surface area contributed by atoms with Gasteiger partial charge in [0, 0.05) is 56.6 Å². The molecule has 224 valence electrons. The van der Waals surface area contributed by atoms with Crippen LogP contribution in [0.3, 0.4) is 0 Å². The number of hydrogen-bond acceptors (Lipinski definition) is 6. The molecule has 2 aliphatic heterocycles. The molecule has 5 fully saturated rings. The fourth-order valence-corrected chi connectivity index (χ4v) is 6.98. The molecule has 5 aliphatic rings. The Morgan fingerprint density at radius 1 is 1.07 bits per heavy atom. The lowest BCUT2D eigenvalue weighted by Gasteiger charge is -2.47. The van der Waals surface area contributed by atoms with E-state index in [1.54, 1.807) is 4.90 Å². The van der Waals surface area contributed by atoms with E-state index >= 15 is 8.78 Å². The largest absolute Gasteiger partial charge is 0.339 e. The first kappa shape index (κ1) is 28.2. The Kier molecular flexibility index (Phi) is 7.33. The maximum absolute atomic E-state index is 15.3. The van der Waals surface area contributed by atoms with Crippen molar-refractivity contribution in [1.29, 1.82) is 0 Å². The van der Waals surface area contributed by atoms with Gasteiger partial charge in [0.05, 0.1) is 5.92 Å². The molecule has 8 nitrogen and oxygen atoms in total. The number of hydrogen-bond donors (Lipinski definition) is 1. The number of halogens is 4. The van der Waals surface area contributed by atoms with E-state index < -0.39 is 41.3 Å². The molecule has 3 saturated carbocycles. The van der Waals surface area contributed by atoms with E-state index in [1.165, 1.54) is 0 Å². The molecule has 0 aromatic carbocycles. The highest BCUT2D eigenvalue weighted by Gasteiger charge is 2.51. The smallest absolute Gasteiger partial charge is 0.317 e. The van der Waals surface area contributed by atoms with Gasteiger partial charge in [0.2, 0.25) is 5.89 Å². The second kappa shape index (κ2) is 10.4. The molecule has 2 saturated heterocycles. The van der Waals surface area contributed by atoms with Crippen molar-refractivity contribution >= 4 is 6.03 Å². The third kappa shape index (κ3) is 5.71. The zero-order valence-electron chi connectivity index (χ0n) is 23.6. The topological polar surface area (TPSA) is 77.7 Å². The van der Waals surface area contributed by atoms with Crippen LogP contribution in [-0.4, -0.2) is 107 Å². The third-order valence-electron chi connectivity index (χ3n) is 10.2. The quantitative estimate of drug-likeness (QED) is 0.490. The molecule has 40 heavy (non-hydrogen) atoms. The number of carbonyl (C=O) groups excluding carboxylic acids is 1. The molecule has 4 atom stereocenters. The van der Waals surface area contributed by atoms with Crippen LogP contribution in [0.1, 0.15) is 88.8 Å². The summed E-state index contributed by atoms with van der Waals surface area (Å²) < 4.78 is 63.5. The summed E-state index contributed by atoms with van der Waals surface area (Å²) in [6.07, 6.45) is 4.31. The highest BCUT2D eigenvalue weighted by Crippen LogP contribution is 2.44. The van der Waals surface area contributed by atoms with Crippen LogP contribution in [0, 0.1) is 0 Å². The average Bonchev–Trinajstić information content (AvgIpc) is 3.78. The molecule has 0 radical (unpaired) electrons. The van der Waals surface area contributed by atoms with Gasteiger partial charge in [-0.05, 0) is 64.8 Å². The van der Waals surface area contributed by atoms with Crippen molar-refractivity contribution in [3.05, 3.63) is 11.7 Å². The lowest BCUT2D eigenvalue weighted by molar-refractivity contribution is -0.0962. The number of carbonyl (C=O) groups is 1. The molecule has 1 N–H and O–H groups in total. The minimum atomic E-state index is -2.98. The van der Waals surface area contributed by atoms with Crippen molar-refractivity contribution < 1.29 is 26.9 Å². The van der Waals surface area contributed by atoms with Gasteiger partial charge in [-0.2, -0.15) is 4.98 Å². The summed E-state index contributed by atoms with van der Waals surface area (Å²) in [6, 6.07) is -1.88. The van der Waals surface area contributed by atoms with E-state index in [9.17, 15) is 13.6 Å². The molecule has 6 rings (SSSR count). The van der Waals surface area contributed by atoms with Crippen molar-refractivity contribution in [2.75, 3.05) is 39.8 Å². The van der Waals surface area contributed by atoms with Gasteiger partial charge in [0.25, 0.3) is 5.92 Å². The molecule has 0 bridgehead atoms. The average molecular weight is 571 g/mol. The maximum atomic E-state index is 15.3. The van der Waals surface area contributed by atoms with Crippen LogP contribution in [-0.2, 0) is 5.41 Å². The summed E-state index contributed by atoms with van der Waals surface area (Å²) in [5.74, 6) is -2.44. The van der Waals surface area contributed by atoms with Crippen LogP contribution in [0.5, 0.6) is 0 Å². The van der Waals surface area contributed by atoms with Crippen molar-refractivity contribution in [3.8, 4) is 0 Å². The van der Waals surface area contributed by atoms with Gasteiger partial charge in [-0.3, -0.25) is 4.90 Å². The Bertz CT molecular complexity index is 1070. The van der Waals surface area contributed by atoms with Gasteiger partial charge in [-0.1, -0.05) is 12.1 Å². The van der Waals surface area contributed by atoms with E-state index in [4.69, 9.17) is 4.52 Å². The van der Waals surface area contributed by atoms with E-state index in [0.29, 0.717) is 89.4 Å². The van der Waals surface area contributed by atoms with Gasteiger partial charge in [-0.25, -0.2) is 22.4 Å². The third-order valence-corrected chi connectivity index (χ3v) is 10.2. The lowest BCUT2D eigenvalue weighted by Crippen LogP contribution is -2.65. The number of likely N-dealkylation sites (tertiary alicyclic amines) is 2.